The molecule has 0 spiro atoms. The van der Waals surface area contributed by atoms with Gasteiger partial charge in [-0.2, -0.15) is 13.5 Å². The molecule has 0 amide bonds. The molecule has 0 unspecified atom stereocenters. The molecule has 0 nitrogen and oxygen atoms in total. The van der Waals surface area contributed by atoms with Crippen molar-refractivity contribution in [1.29, 1.82) is 0 Å². The molecule has 0 saturated heterocycles. The summed E-state index contributed by atoms with van der Waals surface area (Å²) in [6, 6.07) is 0. The molecule has 0 bridgehead atoms. The summed E-state index contributed by atoms with van der Waals surface area (Å²) in [5.74, 6) is 0. The van der Waals surface area contributed by atoms with Crippen molar-refractivity contribution >= 4 is 13.5 Å². The van der Waals surface area contributed by atoms with Crippen LogP contribution in [-0.2, 0) is 58.9 Å². The van der Waals surface area contributed by atoms with Crippen molar-refractivity contribution in [1.82, 2.24) is 0 Å². The largest absolute Gasteiger partial charge is 0.197 e. The maximum Gasteiger partial charge on any atom is 0 e. The van der Waals surface area contributed by atoms with E-state index in [0.29, 0.717) is 0 Å². The Morgan fingerprint density at radius 1 is 1.00 bits per heavy atom. The van der Waals surface area contributed by atoms with Crippen LogP contribution in [0.2, 0.25) is 0 Å². The van der Waals surface area contributed by atoms with Crippen molar-refractivity contribution in [3.63, 3.8) is 0 Å². The second kappa shape index (κ2) is 18.8. The molecule has 32 valence electrons. The summed E-state index contributed by atoms with van der Waals surface area (Å²) < 4.78 is 0. The first kappa shape index (κ1) is 34.2. The van der Waals surface area contributed by atoms with Crippen molar-refractivity contribution in [2.45, 2.75) is 0 Å². The van der Waals surface area contributed by atoms with Gasteiger partial charge in [-0.15, -0.1) is 0 Å². The predicted octanol–water partition coefficient (Wildman–Crippen LogP) is 0.105. The molecule has 0 fully saturated rings. The molecule has 0 aliphatic heterocycles. The van der Waals surface area contributed by atoms with Crippen molar-refractivity contribution in [3.05, 3.63) is 0 Å². The van der Waals surface area contributed by atoms with E-state index in [1.807, 2.05) is 0 Å². The molecule has 4 heteroatoms. The summed E-state index contributed by atoms with van der Waals surface area (Å²) in [5.41, 5.74) is 0. The molecule has 0 aromatic carbocycles. The summed E-state index contributed by atoms with van der Waals surface area (Å²) in [4.78, 5) is 0. The minimum absolute atomic E-state index is 0. The SMILES string of the molecule is S.[Ag].[Cu].[Zn]. The third kappa shape index (κ3) is 8.87. The van der Waals surface area contributed by atoms with E-state index in [1.165, 1.54) is 0 Å². The molecular formula is H2AgCuSZn. The Balaban J connectivity index is 0. The molecular weight excluding hydrogens is 269 g/mol. The Morgan fingerprint density at radius 2 is 1.00 bits per heavy atom. The summed E-state index contributed by atoms with van der Waals surface area (Å²) in [5, 5.41) is 0. The zero-order chi connectivity index (χ0) is 0. The normalized spacial score (nSPS) is 0. The smallest absolute Gasteiger partial charge is 0 e. The molecule has 0 N–H and O–H groups in total. The maximum absolute atomic E-state index is 0. The van der Waals surface area contributed by atoms with Crippen LogP contribution in [0.1, 0.15) is 0 Å². The van der Waals surface area contributed by atoms with E-state index in [0.717, 1.165) is 0 Å². The number of rotatable bonds is 0. The third-order valence-electron chi connectivity index (χ3n) is 0. The van der Waals surface area contributed by atoms with Crippen molar-refractivity contribution < 1.29 is 58.9 Å². The molecule has 0 rings (SSSR count). The van der Waals surface area contributed by atoms with Crippen LogP contribution in [0, 0.1) is 0 Å². The van der Waals surface area contributed by atoms with Gasteiger partial charge in [0.15, 0.2) is 0 Å². The Morgan fingerprint density at radius 3 is 1.00 bits per heavy atom. The van der Waals surface area contributed by atoms with E-state index in [9.17, 15) is 0 Å². The van der Waals surface area contributed by atoms with Gasteiger partial charge in [-0.3, -0.25) is 0 Å². The van der Waals surface area contributed by atoms with Gasteiger partial charge in [0, 0.05) is 58.9 Å². The van der Waals surface area contributed by atoms with Crippen LogP contribution in [0.15, 0.2) is 0 Å². The maximum atomic E-state index is 0. The van der Waals surface area contributed by atoms with E-state index in [2.05, 4.69) is 0 Å². The van der Waals surface area contributed by atoms with E-state index in [4.69, 9.17) is 0 Å². The van der Waals surface area contributed by atoms with Crippen molar-refractivity contribution in [2.24, 2.45) is 0 Å². The standard InChI is InChI=1S/Ag.Cu.H2S.Zn/h;;1H2;. The fourth-order valence-electron chi connectivity index (χ4n) is 0. The second-order valence-electron chi connectivity index (χ2n) is 0. The topological polar surface area (TPSA) is 0 Å². The summed E-state index contributed by atoms with van der Waals surface area (Å²) in [6.07, 6.45) is 0. The number of hydrogen-bond donors (Lipinski definition) is 0. The van der Waals surface area contributed by atoms with Gasteiger partial charge < -0.3 is 0 Å². The van der Waals surface area contributed by atoms with Gasteiger partial charge in [0.2, 0.25) is 0 Å². The first-order valence-corrected chi connectivity index (χ1v) is 0. The van der Waals surface area contributed by atoms with Crippen LogP contribution in [0.5, 0.6) is 0 Å². The first-order chi connectivity index (χ1) is 0. The molecule has 0 heterocycles. The monoisotopic (exact) mass is 268 g/mol. The summed E-state index contributed by atoms with van der Waals surface area (Å²) >= 11 is 0. The fourth-order valence-corrected chi connectivity index (χ4v) is 0. The van der Waals surface area contributed by atoms with Crippen LogP contribution < -0.4 is 0 Å². The van der Waals surface area contributed by atoms with Crippen LogP contribution in [-0.4, -0.2) is 0 Å². The van der Waals surface area contributed by atoms with Gasteiger partial charge in [-0.25, -0.2) is 0 Å². The van der Waals surface area contributed by atoms with Crippen LogP contribution in [0.25, 0.3) is 0 Å². The van der Waals surface area contributed by atoms with Crippen LogP contribution in [0.3, 0.4) is 0 Å². The van der Waals surface area contributed by atoms with Gasteiger partial charge in [-0.05, 0) is 0 Å². The predicted molar refractivity (Wildman–Crippen MR) is 10.4 cm³/mol. The van der Waals surface area contributed by atoms with E-state index < -0.39 is 0 Å². The van der Waals surface area contributed by atoms with Gasteiger partial charge in [0.25, 0.3) is 0 Å². The Bertz CT molecular complexity index is 8.00. The molecule has 0 aliphatic carbocycles. The molecule has 0 aromatic rings. The molecule has 0 saturated carbocycles. The fraction of sp³-hybridized carbons (Fsp3) is 0. The van der Waals surface area contributed by atoms with E-state index >= 15 is 0 Å². The van der Waals surface area contributed by atoms with Crippen molar-refractivity contribution in [2.75, 3.05) is 0 Å². The quantitative estimate of drug-likeness (QED) is 0.548. The first-order valence-electron chi connectivity index (χ1n) is 0. The van der Waals surface area contributed by atoms with Gasteiger partial charge >= 0.3 is 0 Å². The van der Waals surface area contributed by atoms with Gasteiger partial charge in [-0.1, -0.05) is 0 Å². The zero-order valence-electron chi connectivity index (χ0n) is 1.81. The van der Waals surface area contributed by atoms with Crippen LogP contribution in [0.4, 0.5) is 0 Å². The zero-order valence-corrected chi connectivity index (χ0v) is 8.20. The third-order valence-corrected chi connectivity index (χ3v) is 0. The number of hydrogen-bond acceptors (Lipinski definition) is 0. The Hall–Kier alpha value is 2.23. The summed E-state index contributed by atoms with van der Waals surface area (Å²) in [7, 11) is 0. The minimum atomic E-state index is 0. The van der Waals surface area contributed by atoms with Crippen LogP contribution >= 0.6 is 13.5 Å². The van der Waals surface area contributed by atoms with E-state index in [-0.39, 0.29) is 72.4 Å². The van der Waals surface area contributed by atoms with Crippen molar-refractivity contribution in [3.8, 4) is 0 Å². The Kier molecular flexibility index (Phi) is 161. The average Bonchev–Trinajstić information content (AvgIpc) is 0. The molecule has 0 aromatic heterocycles. The van der Waals surface area contributed by atoms with Gasteiger partial charge in [0.05, 0.1) is 0 Å². The summed E-state index contributed by atoms with van der Waals surface area (Å²) in [6.45, 7) is 0. The molecule has 2 radical (unpaired) electrons. The second-order valence-corrected chi connectivity index (χ2v) is 0. The Labute approximate surface area is 71.7 Å². The minimum Gasteiger partial charge on any atom is -0.197 e. The molecule has 0 aliphatic rings. The molecule has 0 atom stereocenters. The average molecular weight is 271 g/mol. The molecule has 4 heavy (non-hydrogen) atoms. The van der Waals surface area contributed by atoms with E-state index in [1.54, 1.807) is 0 Å². The van der Waals surface area contributed by atoms with Gasteiger partial charge in [0.1, 0.15) is 0 Å².